The van der Waals surface area contributed by atoms with Gasteiger partial charge in [-0.2, -0.15) is 0 Å². The number of nitrogens with zero attached hydrogens (tertiary/aromatic N) is 1. The first-order valence-corrected chi connectivity index (χ1v) is 7.05. The Kier molecular flexibility index (Phi) is 3.41. The van der Waals surface area contributed by atoms with Crippen molar-refractivity contribution in [3.05, 3.63) is 40.3 Å². The lowest BCUT2D eigenvalue weighted by Gasteiger charge is -2.23. The Balaban J connectivity index is 2.00. The van der Waals surface area contributed by atoms with E-state index in [1.807, 2.05) is 30.8 Å². The second-order valence-electron chi connectivity index (χ2n) is 4.40. The average Bonchev–Trinajstić information content (AvgIpc) is 2.85. The van der Waals surface area contributed by atoms with Crippen LogP contribution in [0.5, 0.6) is 0 Å². The molecule has 0 amide bonds. The summed E-state index contributed by atoms with van der Waals surface area (Å²) in [4.78, 5) is 5.46. The number of aromatic nitrogens is 1. The quantitative estimate of drug-likeness (QED) is 0.921. The highest BCUT2D eigenvalue weighted by Crippen LogP contribution is 2.39. The first-order valence-electron chi connectivity index (χ1n) is 6.17. The fraction of sp³-hybridized carbons (Fsp3) is 0.357. The Hall–Kier alpha value is -1.23. The number of pyridine rings is 1. The molecule has 0 saturated carbocycles. The lowest BCUT2D eigenvalue weighted by Crippen LogP contribution is -2.24. The number of fused-ring (bicyclic) bond motifs is 1. The molecule has 1 aliphatic rings. The Morgan fingerprint density at radius 3 is 3.06 bits per heavy atom. The molecule has 0 fully saturated rings. The molecule has 3 nitrogen and oxygen atoms in total. The minimum absolute atomic E-state index is 0.208. The fourth-order valence-corrected chi connectivity index (χ4v) is 3.60. The number of hydrogen-bond acceptors (Lipinski definition) is 4. The summed E-state index contributed by atoms with van der Waals surface area (Å²) in [6.45, 7) is 1.69. The molecule has 4 heteroatoms. The first kappa shape index (κ1) is 11.8. The summed E-state index contributed by atoms with van der Waals surface area (Å²) in [5.41, 5.74) is 4.06. The largest absolute Gasteiger partial charge is 0.371 e. The maximum Gasteiger partial charge on any atom is 0.104 e. The fourth-order valence-electron chi connectivity index (χ4n) is 2.42. The summed E-state index contributed by atoms with van der Waals surface area (Å²) in [5, 5.41) is 5.45. The predicted molar refractivity (Wildman–Crippen MR) is 73.9 cm³/mol. The van der Waals surface area contributed by atoms with Crippen molar-refractivity contribution in [2.75, 3.05) is 20.2 Å². The highest BCUT2D eigenvalue weighted by molar-refractivity contribution is 7.10. The molecule has 18 heavy (non-hydrogen) atoms. The normalized spacial score (nSPS) is 18.6. The van der Waals surface area contributed by atoms with Gasteiger partial charge in [-0.05, 0) is 47.7 Å². The number of likely N-dealkylation sites (N-methyl/N-ethyl adjacent to an activating group) is 1. The highest BCUT2D eigenvalue weighted by atomic mass is 32.1. The van der Waals surface area contributed by atoms with E-state index in [0.717, 1.165) is 19.6 Å². The summed E-state index contributed by atoms with van der Waals surface area (Å²) >= 11 is 1.81. The smallest absolute Gasteiger partial charge is 0.104 e. The number of rotatable bonds is 3. The van der Waals surface area contributed by atoms with E-state index in [9.17, 15) is 0 Å². The third-order valence-electron chi connectivity index (χ3n) is 3.27. The van der Waals surface area contributed by atoms with Crippen molar-refractivity contribution in [1.29, 1.82) is 0 Å². The number of hydrogen-bond donors (Lipinski definition) is 1. The number of ether oxygens (including phenoxy) is 1. The standard InChI is InChI=1S/C14H16N2OS/c1-15-8-13-14-11(4-7-17-13)12(9-18-14)10-2-5-16-6-3-10/h2-3,5-6,9,13,15H,4,7-8H2,1H3. The van der Waals surface area contributed by atoms with Crippen molar-refractivity contribution < 1.29 is 4.74 Å². The Bertz CT molecular complexity index is 524. The molecule has 0 aliphatic carbocycles. The molecule has 1 atom stereocenters. The van der Waals surface area contributed by atoms with Crippen LogP contribution in [-0.4, -0.2) is 25.2 Å². The van der Waals surface area contributed by atoms with E-state index >= 15 is 0 Å². The van der Waals surface area contributed by atoms with E-state index in [1.54, 1.807) is 0 Å². The molecule has 1 unspecified atom stereocenters. The Morgan fingerprint density at radius 1 is 1.44 bits per heavy atom. The SMILES string of the molecule is CNCC1OCCc2c(-c3ccncc3)csc21. The van der Waals surface area contributed by atoms with Gasteiger partial charge in [0.05, 0.1) is 6.61 Å². The first-order chi connectivity index (χ1) is 8.90. The predicted octanol–water partition coefficient (Wildman–Crippen LogP) is 2.64. The number of nitrogens with one attached hydrogen (secondary N) is 1. The number of thiophene rings is 1. The molecular formula is C14H16N2OS. The Labute approximate surface area is 111 Å². The summed E-state index contributed by atoms with van der Waals surface area (Å²) in [6.07, 6.45) is 4.92. The van der Waals surface area contributed by atoms with Crippen molar-refractivity contribution >= 4 is 11.3 Å². The van der Waals surface area contributed by atoms with E-state index < -0.39 is 0 Å². The van der Waals surface area contributed by atoms with Gasteiger partial charge in [-0.25, -0.2) is 0 Å². The van der Waals surface area contributed by atoms with Crippen molar-refractivity contribution in [3.8, 4) is 11.1 Å². The van der Waals surface area contributed by atoms with E-state index in [4.69, 9.17) is 4.74 Å². The third-order valence-corrected chi connectivity index (χ3v) is 4.39. The van der Waals surface area contributed by atoms with Gasteiger partial charge in [0.15, 0.2) is 0 Å². The van der Waals surface area contributed by atoms with Gasteiger partial charge in [0, 0.05) is 23.8 Å². The van der Waals surface area contributed by atoms with Crippen LogP contribution in [0.4, 0.5) is 0 Å². The minimum atomic E-state index is 0.208. The van der Waals surface area contributed by atoms with Crippen LogP contribution in [0.3, 0.4) is 0 Å². The second kappa shape index (κ2) is 5.18. The van der Waals surface area contributed by atoms with E-state index in [0.29, 0.717) is 0 Å². The second-order valence-corrected chi connectivity index (χ2v) is 5.31. The summed E-state index contributed by atoms with van der Waals surface area (Å²) in [6, 6.07) is 4.15. The molecule has 1 N–H and O–H groups in total. The van der Waals surface area contributed by atoms with Crippen LogP contribution in [0.25, 0.3) is 11.1 Å². The van der Waals surface area contributed by atoms with E-state index in [-0.39, 0.29) is 6.10 Å². The van der Waals surface area contributed by atoms with Crippen LogP contribution < -0.4 is 5.32 Å². The average molecular weight is 260 g/mol. The van der Waals surface area contributed by atoms with Crippen LogP contribution in [0.15, 0.2) is 29.9 Å². The van der Waals surface area contributed by atoms with Gasteiger partial charge in [0.25, 0.3) is 0 Å². The van der Waals surface area contributed by atoms with Gasteiger partial charge in [-0.15, -0.1) is 11.3 Å². The van der Waals surface area contributed by atoms with E-state index in [2.05, 4.69) is 27.8 Å². The van der Waals surface area contributed by atoms with Crippen molar-refractivity contribution in [1.82, 2.24) is 10.3 Å². The molecule has 0 bridgehead atoms. The lowest BCUT2D eigenvalue weighted by molar-refractivity contribution is 0.0470. The Morgan fingerprint density at radius 2 is 2.28 bits per heavy atom. The van der Waals surface area contributed by atoms with Crippen LogP contribution in [0.2, 0.25) is 0 Å². The molecule has 0 saturated heterocycles. The van der Waals surface area contributed by atoms with Gasteiger partial charge in [0.1, 0.15) is 6.10 Å². The molecule has 94 valence electrons. The van der Waals surface area contributed by atoms with Crippen LogP contribution in [0.1, 0.15) is 16.5 Å². The molecule has 2 aromatic heterocycles. The van der Waals surface area contributed by atoms with Gasteiger partial charge < -0.3 is 10.1 Å². The topological polar surface area (TPSA) is 34.1 Å². The van der Waals surface area contributed by atoms with Crippen molar-refractivity contribution in [3.63, 3.8) is 0 Å². The minimum Gasteiger partial charge on any atom is -0.371 e. The van der Waals surface area contributed by atoms with Crippen molar-refractivity contribution in [2.24, 2.45) is 0 Å². The monoisotopic (exact) mass is 260 g/mol. The van der Waals surface area contributed by atoms with Crippen LogP contribution in [0, 0.1) is 0 Å². The molecule has 2 aromatic rings. The van der Waals surface area contributed by atoms with Gasteiger partial charge in [-0.1, -0.05) is 0 Å². The zero-order valence-corrected chi connectivity index (χ0v) is 11.2. The van der Waals surface area contributed by atoms with Gasteiger partial charge >= 0.3 is 0 Å². The molecule has 0 aromatic carbocycles. The third kappa shape index (κ3) is 2.07. The molecule has 0 radical (unpaired) electrons. The maximum absolute atomic E-state index is 5.83. The lowest BCUT2D eigenvalue weighted by atomic mass is 9.98. The van der Waals surface area contributed by atoms with Gasteiger partial charge in [-0.3, -0.25) is 4.98 Å². The zero-order chi connectivity index (χ0) is 12.4. The van der Waals surface area contributed by atoms with Crippen LogP contribution >= 0.6 is 11.3 Å². The summed E-state index contributed by atoms with van der Waals surface area (Å²) < 4.78 is 5.83. The summed E-state index contributed by atoms with van der Waals surface area (Å²) in [7, 11) is 1.97. The molecular weight excluding hydrogens is 244 g/mol. The van der Waals surface area contributed by atoms with Gasteiger partial charge in [0.2, 0.25) is 0 Å². The molecule has 3 heterocycles. The van der Waals surface area contributed by atoms with E-state index in [1.165, 1.54) is 21.6 Å². The van der Waals surface area contributed by atoms with Crippen molar-refractivity contribution in [2.45, 2.75) is 12.5 Å². The summed E-state index contributed by atoms with van der Waals surface area (Å²) in [5.74, 6) is 0. The molecule has 1 aliphatic heterocycles. The highest BCUT2D eigenvalue weighted by Gasteiger charge is 2.24. The molecule has 0 spiro atoms. The van der Waals surface area contributed by atoms with Crippen LogP contribution in [-0.2, 0) is 11.2 Å². The molecule has 3 rings (SSSR count). The zero-order valence-electron chi connectivity index (χ0n) is 10.3. The maximum atomic E-state index is 5.83.